The van der Waals surface area contributed by atoms with Gasteiger partial charge in [0.2, 0.25) is 0 Å². The summed E-state index contributed by atoms with van der Waals surface area (Å²) in [5, 5.41) is 12.2. The van der Waals surface area contributed by atoms with Crippen LogP contribution in [0, 0.1) is 5.92 Å². The van der Waals surface area contributed by atoms with Crippen LogP contribution < -0.4 is 5.32 Å². The van der Waals surface area contributed by atoms with Crippen LogP contribution in [-0.4, -0.2) is 44.9 Å². The Balaban J connectivity index is 1.36. The van der Waals surface area contributed by atoms with Crippen molar-refractivity contribution in [2.75, 3.05) is 13.1 Å². The molecule has 1 heterocycles. The number of hydrogen-bond donors (Lipinski definition) is 2. The SMILES string of the molecule is C=CCN(C[C@H]1O[C@@H](c2ccc(-c3cccc(CNC(=O)C(Cl)(Cl)Cl)c3)cc2)O[C@@H](c2ccc(CO)cc2)[C@H]1C)C1CCCC1. The highest BCUT2D eigenvalue weighted by molar-refractivity contribution is 6.76. The molecule has 2 N–H and O–H groups in total. The predicted octanol–water partition coefficient (Wildman–Crippen LogP) is 8.05. The van der Waals surface area contributed by atoms with Crippen molar-refractivity contribution in [2.24, 2.45) is 5.92 Å². The molecule has 1 aliphatic heterocycles. The number of nitrogens with zero attached hydrogens (tertiary/aromatic N) is 1. The Labute approximate surface area is 281 Å². The highest BCUT2D eigenvalue weighted by atomic mass is 35.6. The van der Waals surface area contributed by atoms with E-state index in [1.54, 1.807) is 0 Å². The first-order valence-corrected chi connectivity index (χ1v) is 16.7. The minimum absolute atomic E-state index is 0.00642. The molecular formula is C36H41Cl3N2O4. The number of benzene rings is 3. The molecule has 6 nitrogen and oxygen atoms in total. The molecule has 0 unspecified atom stereocenters. The van der Waals surface area contributed by atoms with E-state index in [2.05, 4.69) is 60.1 Å². The number of hydrogen-bond acceptors (Lipinski definition) is 5. The Hall–Kier alpha value is -2.42. The van der Waals surface area contributed by atoms with Gasteiger partial charge in [0.15, 0.2) is 6.29 Å². The summed E-state index contributed by atoms with van der Waals surface area (Å²) in [6, 6.07) is 24.7. The van der Waals surface area contributed by atoms with Crippen molar-refractivity contribution in [1.29, 1.82) is 0 Å². The summed E-state index contributed by atoms with van der Waals surface area (Å²) in [6.45, 7) is 8.13. The second kappa shape index (κ2) is 15.4. The molecule has 1 saturated carbocycles. The summed E-state index contributed by atoms with van der Waals surface area (Å²) in [4.78, 5) is 14.5. The highest BCUT2D eigenvalue weighted by Crippen LogP contribution is 2.42. The molecule has 2 aliphatic rings. The molecule has 1 amide bonds. The zero-order chi connectivity index (χ0) is 32.0. The molecule has 1 aliphatic carbocycles. The maximum absolute atomic E-state index is 12.0. The number of halogens is 3. The molecule has 9 heteroatoms. The summed E-state index contributed by atoms with van der Waals surface area (Å²) in [5.74, 6) is -0.556. The van der Waals surface area contributed by atoms with Crippen molar-refractivity contribution >= 4 is 40.7 Å². The molecule has 0 spiro atoms. The van der Waals surface area contributed by atoms with Crippen LogP contribution in [0.2, 0.25) is 0 Å². The highest BCUT2D eigenvalue weighted by Gasteiger charge is 2.40. The fraction of sp³-hybridized carbons (Fsp3) is 0.417. The summed E-state index contributed by atoms with van der Waals surface area (Å²) in [6.07, 6.45) is 6.19. The van der Waals surface area contributed by atoms with Gasteiger partial charge in [0, 0.05) is 37.2 Å². The van der Waals surface area contributed by atoms with Crippen LogP contribution in [0.15, 0.2) is 85.5 Å². The third-order valence-corrected chi connectivity index (χ3v) is 9.41. The summed E-state index contributed by atoms with van der Waals surface area (Å²) in [5.41, 5.74) is 5.79. The molecule has 0 bridgehead atoms. The number of carbonyl (C=O) groups excluding carboxylic acids is 1. The van der Waals surface area contributed by atoms with Crippen molar-refractivity contribution in [3.8, 4) is 11.1 Å². The standard InChI is InChI=1S/C36H41Cl3N2O4/c1-3-19-41(31-9-4-5-10-31)22-32-24(2)33(28-13-11-25(23-42)12-14-28)45-34(44-32)29-17-15-27(16-18-29)30-8-6-7-26(20-30)21-40-35(43)36(37,38)39/h3,6-8,11-18,20,24,31-34,42H,1,4-5,9-10,19,21-23H2,2H3,(H,40,43)/t24-,32+,33+,34+/m0/s1. The van der Waals surface area contributed by atoms with Gasteiger partial charge in [-0.25, -0.2) is 0 Å². The quantitative estimate of drug-likeness (QED) is 0.160. The smallest absolute Gasteiger partial charge is 0.272 e. The molecule has 240 valence electrons. The summed E-state index contributed by atoms with van der Waals surface area (Å²) < 4.78 is 11.4. The van der Waals surface area contributed by atoms with E-state index in [9.17, 15) is 9.90 Å². The van der Waals surface area contributed by atoms with Crippen LogP contribution in [0.5, 0.6) is 0 Å². The molecule has 5 rings (SSSR count). The van der Waals surface area contributed by atoms with Gasteiger partial charge in [-0.15, -0.1) is 6.58 Å². The number of alkyl halides is 3. The van der Waals surface area contributed by atoms with Gasteiger partial charge in [0.05, 0.1) is 18.8 Å². The number of rotatable bonds is 11. The molecule has 2 fully saturated rings. The van der Waals surface area contributed by atoms with E-state index in [0.717, 1.165) is 46.5 Å². The zero-order valence-corrected chi connectivity index (χ0v) is 27.8. The maximum Gasteiger partial charge on any atom is 0.272 e. The number of carbonyl (C=O) groups is 1. The third-order valence-electron chi connectivity index (χ3n) is 8.90. The van der Waals surface area contributed by atoms with Gasteiger partial charge in [0.25, 0.3) is 9.70 Å². The van der Waals surface area contributed by atoms with Crippen LogP contribution in [0.1, 0.15) is 67.3 Å². The van der Waals surface area contributed by atoms with Gasteiger partial charge in [0.1, 0.15) is 0 Å². The largest absolute Gasteiger partial charge is 0.392 e. The normalized spacial score (nSPS) is 22.4. The lowest BCUT2D eigenvalue weighted by molar-refractivity contribution is -0.276. The van der Waals surface area contributed by atoms with Crippen LogP contribution in [0.4, 0.5) is 0 Å². The summed E-state index contributed by atoms with van der Waals surface area (Å²) >= 11 is 17.0. The first-order chi connectivity index (χ1) is 21.7. The lowest BCUT2D eigenvalue weighted by Gasteiger charge is -2.43. The molecule has 0 aromatic heterocycles. The van der Waals surface area contributed by atoms with E-state index in [4.69, 9.17) is 44.3 Å². The van der Waals surface area contributed by atoms with Crippen molar-refractivity contribution < 1.29 is 19.4 Å². The summed E-state index contributed by atoms with van der Waals surface area (Å²) in [7, 11) is 0. The van der Waals surface area contributed by atoms with Gasteiger partial charge < -0.3 is 19.9 Å². The van der Waals surface area contributed by atoms with Crippen LogP contribution in [-0.2, 0) is 27.4 Å². The maximum atomic E-state index is 12.0. The predicted molar refractivity (Wildman–Crippen MR) is 181 cm³/mol. The Morgan fingerprint density at radius 2 is 1.67 bits per heavy atom. The van der Waals surface area contributed by atoms with Crippen LogP contribution in [0.3, 0.4) is 0 Å². The van der Waals surface area contributed by atoms with Crippen molar-refractivity contribution in [2.45, 2.75) is 74.1 Å². The molecular weight excluding hydrogens is 631 g/mol. The lowest BCUT2D eigenvalue weighted by atomic mass is 9.89. The van der Waals surface area contributed by atoms with Crippen molar-refractivity contribution in [3.05, 3.63) is 108 Å². The second-order valence-corrected chi connectivity index (χ2v) is 14.3. The average Bonchev–Trinajstić information content (AvgIpc) is 3.59. The van der Waals surface area contributed by atoms with E-state index in [1.165, 1.54) is 25.7 Å². The van der Waals surface area contributed by atoms with Gasteiger partial charge in [-0.3, -0.25) is 9.69 Å². The van der Waals surface area contributed by atoms with Gasteiger partial charge in [-0.2, -0.15) is 0 Å². The average molecular weight is 672 g/mol. The Bertz CT molecular complexity index is 1420. The van der Waals surface area contributed by atoms with Crippen molar-refractivity contribution in [1.82, 2.24) is 10.2 Å². The monoisotopic (exact) mass is 670 g/mol. The van der Waals surface area contributed by atoms with E-state index < -0.39 is 16.0 Å². The fourth-order valence-corrected chi connectivity index (χ4v) is 6.54. The number of amides is 1. The minimum atomic E-state index is -2.00. The van der Waals surface area contributed by atoms with Crippen molar-refractivity contribution in [3.63, 3.8) is 0 Å². The topological polar surface area (TPSA) is 71.0 Å². The Morgan fingerprint density at radius 1 is 0.978 bits per heavy atom. The van der Waals surface area contributed by atoms with E-state index in [0.29, 0.717) is 6.04 Å². The molecule has 3 aromatic carbocycles. The second-order valence-electron chi connectivity index (χ2n) is 12.0. The Morgan fingerprint density at radius 3 is 2.31 bits per heavy atom. The molecule has 3 aromatic rings. The van der Waals surface area contributed by atoms with Gasteiger partial charge >= 0.3 is 0 Å². The number of aliphatic hydroxyl groups is 1. The van der Waals surface area contributed by atoms with Crippen LogP contribution >= 0.6 is 34.8 Å². The van der Waals surface area contributed by atoms with E-state index in [1.807, 2.05) is 42.5 Å². The molecule has 4 atom stereocenters. The molecule has 1 saturated heterocycles. The fourth-order valence-electron chi connectivity index (χ4n) is 6.34. The Kier molecular flexibility index (Phi) is 11.6. The van der Waals surface area contributed by atoms with Crippen LogP contribution in [0.25, 0.3) is 11.1 Å². The van der Waals surface area contributed by atoms with E-state index >= 15 is 0 Å². The number of ether oxygens (including phenoxy) is 2. The number of nitrogens with one attached hydrogen (secondary N) is 1. The minimum Gasteiger partial charge on any atom is -0.392 e. The third kappa shape index (κ3) is 8.69. The van der Waals surface area contributed by atoms with E-state index in [-0.39, 0.29) is 31.3 Å². The first-order valence-electron chi connectivity index (χ1n) is 15.6. The molecule has 45 heavy (non-hydrogen) atoms. The number of aliphatic hydroxyl groups excluding tert-OH is 1. The first kappa shape index (κ1) is 33.9. The van der Waals surface area contributed by atoms with Gasteiger partial charge in [-0.05, 0) is 46.7 Å². The van der Waals surface area contributed by atoms with Gasteiger partial charge in [-0.1, -0.05) is 127 Å². The lowest BCUT2D eigenvalue weighted by Crippen LogP contribution is -2.47. The molecule has 0 radical (unpaired) electrons. The zero-order valence-electron chi connectivity index (χ0n) is 25.5.